The van der Waals surface area contributed by atoms with Gasteiger partial charge in [-0.15, -0.1) is 0 Å². The minimum Gasteiger partial charge on any atom is -0.352 e. The summed E-state index contributed by atoms with van der Waals surface area (Å²) in [5.41, 5.74) is 7.32. The number of benzene rings is 3. The molecule has 1 aliphatic heterocycles. The van der Waals surface area contributed by atoms with Crippen molar-refractivity contribution in [1.29, 1.82) is 0 Å². The molecule has 1 aliphatic rings. The maximum absolute atomic E-state index is 14.2. The number of rotatable bonds is 7. The van der Waals surface area contributed by atoms with E-state index in [1.807, 2.05) is 19.1 Å². The summed E-state index contributed by atoms with van der Waals surface area (Å²) in [5, 5.41) is 2.59. The number of urea groups is 1. The molecule has 8 heteroatoms. The molecule has 3 aromatic rings. The number of primary amides is 1. The van der Waals surface area contributed by atoms with Crippen molar-refractivity contribution in [2.75, 3.05) is 13.1 Å². The monoisotopic (exact) mass is 495 g/mol. The first kappa shape index (κ1) is 25.3. The Morgan fingerprint density at radius 3 is 2.31 bits per heavy atom. The first-order valence-corrected chi connectivity index (χ1v) is 11.8. The lowest BCUT2D eigenvalue weighted by molar-refractivity contribution is -0.138. The van der Waals surface area contributed by atoms with Crippen molar-refractivity contribution in [3.63, 3.8) is 0 Å². The normalized spacial score (nSPS) is 18.7. The molecule has 1 unspecified atom stereocenters. The van der Waals surface area contributed by atoms with E-state index in [9.17, 15) is 22.8 Å². The van der Waals surface area contributed by atoms with Gasteiger partial charge in [-0.05, 0) is 60.7 Å². The van der Waals surface area contributed by atoms with Gasteiger partial charge in [-0.1, -0.05) is 36.4 Å². The van der Waals surface area contributed by atoms with Gasteiger partial charge in [-0.25, -0.2) is 18.0 Å². The predicted octanol–water partition coefficient (Wildman–Crippen LogP) is 5.45. The van der Waals surface area contributed by atoms with E-state index < -0.39 is 23.1 Å². The van der Waals surface area contributed by atoms with Gasteiger partial charge in [-0.2, -0.15) is 0 Å². The molecule has 0 saturated carbocycles. The fraction of sp³-hybridized carbons (Fsp3) is 0.286. The predicted molar refractivity (Wildman–Crippen MR) is 131 cm³/mol. The van der Waals surface area contributed by atoms with Crippen LogP contribution in [-0.4, -0.2) is 29.9 Å². The summed E-state index contributed by atoms with van der Waals surface area (Å²) in [6, 6.07) is 16.0. The van der Waals surface area contributed by atoms with Gasteiger partial charge in [-0.3, -0.25) is 4.79 Å². The molecule has 0 aliphatic carbocycles. The van der Waals surface area contributed by atoms with E-state index in [4.69, 9.17) is 5.73 Å². The first-order valence-electron chi connectivity index (χ1n) is 11.8. The average molecular weight is 496 g/mol. The second-order valence-electron chi connectivity index (χ2n) is 9.26. The van der Waals surface area contributed by atoms with Crippen LogP contribution in [0.1, 0.15) is 43.4 Å². The SMILES string of the molecule is C[C@@H](c1ccc(-c2ccc(F)cc2F)cc1)N1CCC(CCNC(N)=O)(c2ccc(F)cc2)CC1=O. The molecule has 3 aromatic carbocycles. The molecule has 36 heavy (non-hydrogen) atoms. The molecular formula is C28H28F3N3O2. The number of nitrogens with one attached hydrogen (secondary N) is 1. The standard InChI is InChI=1S/C28H28F3N3O2/c1-18(19-2-4-20(5-3-19)24-11-10-23(30)16-25(24)31)34-15-13-28(17-26(34)35,12-14-33-27(32)36)21-6-8-22(29)9-7-21/h2-11,16,18H,12-15,17H2,1H3,(H3,32,33,36)/t18-,28?/m0/s1. The highest BCUT2D eigenvalue weighted by Crippen LogP contribution is 2.41. The number of carbonyl (C=O) groups excluding carboxylic acids is 2. The van der Waals surface area contributed by atoms with Crippen molar-refractivity contribution >= 4 is 11.9 Å². The van der Waals surface area contributed by atoms with Crippen molar-refractivity contribution < 1.29 is 22.8 Å². The quantitative estimate of drug-likeness (QED) is 0.457. The van der Waals surface area contributed by atoms with E-state index in [0.717, 1.165) is 17.2 Å². The van der Waals surface area contributed by atoms with Crippen LogP contribution in [0.3, 0.4) is 0 Å². The number of carbonyl (C=O) groups is 2. The van der Waals surface area contributed by atoms with Crippen molar-refractivity contribution in [3.8, 4) is 11.1 Å². The Morgan fingerprint density at radius 2 is 1.69 bits per heavy atom. The van der Waals surface area contributed by atoms with E-state index in [-0.39, 0.29) is 24.2 Å². The second kappa shape index (κ2) is 10.4. The van der Waals surface area contributed by atoms with Crippen molar-refractivity contribution in [2.24, 2.45) is 5.73 Å². The summed E-state index contributed by atoms with van der Waals surface area (Å²) in [6.07, 6.45) is 1.34. The average Bonchev–Trinajstić information content (AvgIpc) is 2.84. The molecule has 0 spiro atoms. The van der Waals surface area contributed by atoms with Crippen LogP contribution in [0, 0.1) is 17.5 Å². The van der Waals surface area contributed by atoms with Gasteiger partial charge in [0.2, 0.25) is 5.91 Å². The van der Waals surface area contributed by atoms with Crippen LogP contribution in [0.15, 0.2) is 66.7 Å². The topological polar surface area (TPSA) is 75.4 Å². The molecule has 2 atom stereocenters. The zero-order chi connectivity index (χ0) is 25.9. The van der Waals surface area contributed by atoms with Gasteiger partial charge >= 0.3 is 6.03 Å². The van der Waals surface area contributed by atoms with E-state index in [1.54, 1.807) is 29.2 Å². The van der Waals surface area contributed by atoms with Gasteiger partial charge in [0, 0.05) is 36.6 Å². The fourth-order valence-electron chi connectivity index (χ4n) is 5.03. The number of piperidine rings is 1. The summed E-state index contributed by atoms with van der Waals surface area (Å²) >= 11 is 0. The zero-order valence-electron chi connectivity index (χ0n) is 19.9. The van der Waals surface area contributed by atoms with Crippen molar-refractivity contribution in [2.45, 2.75) is 37.6 Å². The van der Waals surface area contributed by atoms with E-state index >= 15 is 0 Å². The van der Waals surface area contributed by atoms with Gasteiger partial charge in [0.15, 0.2) is 0 Å². The molecule has 1 fully saturated rings. The number of amides is 3. The molecule has 3 amide bonds. The lowest BCUT2D eigenvalue weighted by Crippen LogP contribution is -2.48. The number of likely N-dealkylation sites (tertiary alicyclic amines) is 1. The molecule has 4 rings (SSSR count). The molecule has 188 valence electrons. The number of nitrogens with zero attached hydrogens (tertiary/aromatic N) is 1. The molecule has 0 bridgehead atoms. The Kier molecular flexibility index (Phi) is 7.33. The number of nitrogens with two attached hydrogens (primary N) is 1. The van der Waals surface area contributed by atoms with Gasteiger partial charge in [0.05, 0.1) is 6.04 Å². The number of halogens is 3. The zero-order valence-corrected chi connectivity index (χ0v) is 19.9. The van der Waals surface area contributed by atoms with Crippen LogP contribution in [0.4, 0.5) is 18.0 Å². The molecule has 3 N–H and O–H groups in total. The van der Waals surface area contributed by atoms with Crippen LogP contribution in [0.25, 0.3) is 11.1 Å². The highest BCUT2D eigenvalue weighted by Gasteiger charge is 2.41. The molecular weight excluding hydrogens is 467 g/mol. The van der Waals surface area contributed by atoms with Gasteiger partial charge in [0.1, 0.15) is 17.5 Å². The summed E-state index contributed by atoms with van der Waals surface area (Å²) in [6.45, 7) is 2.71. The van der Waals surface area contributed by atoms with E-state index in [1.165, 1.54) is 24.3 Å². The second-order valence-corrected chi connectivity index (χ2v) is 9.26. The lowest BCUT2D eigenvalue weighted by atomic mass is 9.70. The van der Waals surface area contributed by atoms with Gasteiger partial charge in [0.25, 0.3) is 0 Å². The Balaban J connectivity index is 1.51. The lowest BCUT2D eigenvalue weighted by Gasteiger charge is -2.44. The maximum Gasteiger partial charge on any atom is 0.312 e. The fourth-order valence-corrected chi connectivity index (χ4v) is 5.03. The third-order valence-corrected chi connectivity index (χ3v) is 7.10. The smallest absolute Gasteiger partial charge is 0.312 e. The summed E-state index contributed by atoms with van der Waals surface area (Å²) in [7, 11) is 0. The van der Waals surface area contributed by atoms with E-state index in [0.29, 0.717) is 37.1 Å². The van der Waals surface area contributed by atoms with Crippen LogP contribution < -0.4 is 11.1 Å². The molecule has 0 radical (unpaired) electrons. The third kappa shape index (κ3) is 5.37. The first-order chi connectivity index (χ1) is 17.2. The summed E-state index contributed by atoms with van der Waals surface area (Å²) in [4.78, 5) is 26.4. The third-order valence-electron chi connectivity index (χ3n) is 7.10. The Bertz CT molecular complexity index is 1250. The van der Waals surface area contributed by atoms with Gasteiger partial charge < -0.3 is 16.0 Å². The highest BCUT2D eigenvalue weighted by molar-refractivity contribution is 5.79. The van der Waals surface area contributed by atoms with Crippen molar-refractivity contribution in [1.82, 2.24) is 10.2 Å². The summed E-state index contributed by atoms with van der Waals surface area (Å²) < 4.78 is 41.0. The largest absolute Gasteiger partial charge is 0.352 e. The number of hydrogen-bond donors (Lipinski definition) is 2. The number of hydrogen-bond acceptors (Lipinski definition) is 2. The molecule has 0 aromatic heterocycles. The maximum atomic E-state index is 14.2. The van der Waals surface area contributed by atoms with E-state index in [2.05, 4.69) is 5.32 Å². The molecule has 1 saturated heterocycles. The van der Waals surface area contributed by atoms with Crippen LogP contribution in [0.2, 0.25) is 0 Å². The Morgan fingerprint density at radius 1 is 1.03 bits per heavy atom. The Labute approximate surface area is 208 Å². The van der Waals surface area contributed by atoms with Crippen LogP contribution in [-0.2, 0) is 10.2 Å². The molecule has 5 nitrogen and oxygen atoms in total. The Hall–Kier alpha value is -3.81. The minimum atomic E-state index is -0.634. The van der Waals surface area contributed by atoms with Crippen LogP contribution in [0.5, 0.6) is 0 Å². The molecule has 1 heterocycles. The van der Waals surface area contributed by atoms with Crippen LogP contribution >= 0.6 is 0 Å². The van der Waals surface area contributed by atoms with Crippen molar-refractivity contribution in [3.05, 3.63) is 95.3 Å². The summed E-state index contributed by atoms with van der Waals surface area (Å²) in [5.74, 6) is -1.67. The minimum absolute atomic E-state index is 0.0502. The highest BCUT2D eigenvalue weighted by atomic mass is 19.1.